The average Bonchev–Trinajstić information content (AvgIpc) is 2.74. The molecule has 0 aromatic carbocycles. The first-order valence-corrected chi connectivity index (χ1v) is 7.51. The van der Waals surface area contributed by atoms with Gasteiger partial charge in [0.1, 0.15) is 0 Å². The van der Waals surface area contributed by atoms with Crippen LogP contribution in [0.5, 0.6) is 0 Å². The molecule has 118 valence electrons. The minimum Gasteiger partial charge on any atom is -0.469 e. The molecule has 0 bridgehead atoms. The molecule has 2 heterocycles. The van der Waals surface area contributed by atoms with E-state index in [9.17, 15) is 9.90 Å². The Labute approximate surface area is 125 Å². The van der Waals surface area contributed by atoms with Crippen molar-refractivity contribution in [1.82, 2.24) is 14.7 Å². The second-order valence-electron chi connectivity index (χ2n) is 5.71. The first-order valence-electron chi connectivity index (χ1n) is 7.51. The Kier molecular flexibility index (Phi) is 5.36. The molecule has 21 heavy (non-hydrogen) atoms. The molecule has 0 aliphatic carbocycles. The second kappa shape index (κ2) is 7.04. The van der Waals surface area contributed by atoms with Crippen molar-refractivity contribution in [3.8, 4) is 0 Å². The van der Waals surface area contributed by atoms with Crippen molar-refractivity contribution >= 4 is 5.97 Å². The topological polar surface area (TPSA) is 67.6 Å². The number of hydrogen-bond donors (Lipinski definition) is 1. The van der Waals surface area contributed by atoms with Crippen LogP contribution in [0.4, 0.5) is 0 Å². The number of aromatic nitrogens is 2. The maximum Gasteiger partial charge on any atom is 0.307 e. The average molecular weight is 295 g/mol. The lowest BCUT2D eigenvalue weighted by Gasteiger charge is -2.29. The summed E-state index contributed by atoms with van der Waals surface area (Å²) in [6.45, 7) is 7.32. The van der Waals surface area contributed by atoms with Gasteiger partial charge in [-0.2, -0.15) is 5.10 Å². The van der Waals surface area contributed by atoms with Gasteiger partial charge >= 0.3 is 5.97 Å². The molecule has 6 nitrogen and oxygen atoms in total. The Morgan fingerprint density at radius 2 is 2.05 bits per heavy atom. The predicted octanol–water partition coefficient (Wildman–Crippen LogP) is 1.02. The minimum atomic E-state index is -0.214. The summed E-state index contributed by atoms with van der Waals surface area (Å²) >= 11 is 0. The number of nitrogens with zero attached hydrogens (tertiary/aromatic N) is 3. The third-order valence-corrected chi connectivity index (χ3v) is 4.23. The van der Waals surface area contributed by atoms with Gasteiger partial charge in [-0.05, 0) is 26.7 Å². The molecule has 1 aromatic rings. The van der Waals surface area contributed by atoms with Crippen LogP contribution in [0, 0.1) is 13.8 Å². The van der Waals surface area contributed by atoms with E-state index in [-0.39, 0.29) is 12.1 Å². The van der Waals surface area contributed by atoms with E-state index in [4.69, 9.17) is 0 Å². The number of piperidine rings is 1. The van der Waals surface area contributed by atoms with E-state index in [1.807, 2.05) is 18.5 Å². The zero-order valence-corrected chi connectivity index (χ0v) is 13.1. The van der Waals surface area contributed by atoms with Crippen LogP contribution in [0.2, 0.25) is 0 Å². The molecular formula is C15H25N3O3. The number of carbonyl (C=O) groups is 1. The fourth-order valence-electron chi connectivity index (χ4n) is 2.78. The Morgan fingerprint density at radius 3 is 2.67 bits per heavy atom. The molecule has 1 N–H and O–H groups in total. The summed E-state index contributed by atoms with van der Waals surface area (Å²) in [6.07, 6.45) is 1.88. The fourth-order valence-corrected chi connectivity index (χ4v) is 2.78. The van der Waals surface area contributed by atoms with Gasteiger partial charge in [-0.25, -0.2) is 0 Å². The zero-order chi connectivity index (χ0) is 15.4. The van der Waals surface area contributed by atoms with E-state index in [1.54, 1.807) is 0 Å². The standard InChI is InChI=1S/C15H25N3O3/c1-11-14(10-17-7-4-13(19)5-8-17)12(2)18(16-11)9-6-15(20)21-3/h13,19H,4-10H2,1-3H3. The molecule has 0 unspecified atom stereocenters. The number of likely N-dealkylation sites (tertiary alicyclic amines) is 1. The van der Waals surface area contributed by atoms with Crippen molar-refractivity contribution in [1.29, 1.82) is 0 Å². The summed E-state index contributed by atoms with van der Waals surface area (Å²) in [7, 11) is 1.40. The SMILES string of the molecule is COC(=O)CCn1nc(C)c(CN2CCC(O)CC2)c1C. The lowest BCUT2D eigenvalue weighted by molar-refractivity contribution is -0.140. The molecule has 0 atom stereocenters. The minimum absolute atomic E-state index is 0.147. The van der Waals surface area contributed by atoms with Gasteiger partial charge < -0.3 is 9.84 Å². The Hall–Kier alpha value is -1.40. The number of esters is 1. The van der Waals surface area contributed by atoms with E-state index in [1.165, 1.54) is 12.7 Å². The van der Waals surface area contributed by atoms with Crippen LogP contribution in [0.25, 0.3) is 0 Å². The van der Waals surface area contributed by atoms with Gasteiger partial charge in [0.15, 0.2) is 0 Å². The zero-order valence-electron chi connectivity index (χ0n) is 13.1. The van der Waals surface area contributed by atoms with Gasteiger partial charge in [-0.3, -0.25) is 14.4 Å². The van der Waals surface area contributed by atoms with E-state index in [0.717, 1.165) is 43.9 Å². The van der Waals surface area contributed by atoms with Crippen LogP contribution in [0.15, 0.2) is 0 Å². The largest absolute Gasteiger partial charge is 0.469 e. The normalized spacial score (nSPS) is 17.1. The number of aliphatic hydroxyl groups is 1. The summed E-state index contributed by atoms with van der Waals surface area (Å²) in [5, 5.41) is 14.1. The molecule has 1 aliphatic rings. The second-order valence-corrected chi connectivity index (χ2v) is 5.71. The summed E-state index contributed by atoms with van der Waals surface area (Å²) in [4.78, 5) is 13.6. The smallest absolute Gasteiger partial charge is 0.307 e. The number of methoxy groups -OCH3 is 1. The lowest BCUT2D eigenvalue weighted by atomic mass is 10.1. The van der Waals surface area contributed by atoms with Crippen LogP contribution < -0.4 is 0 Å². The lowest BCUT2D eigenvalue weighted by Crippen LogP contribution is -2.35. The highest BCUT2D eigenvalue weighted by molar-refractivity contribution is 5.68. The Morgan fingerprint density at radius 1 is 1.38 bits per heavy atom. The first kappa shape index (κ1) is 16.0. The molecule has 1 aliphatic heterocycles. The number of rotatable bonds is 5. The molecule has 0 radical (unpaired) electrons. The molecule has 2 rings (SSSR count). The van der Waals surface area contributed by atoms with Crippen molar-refractivity contribution in [2.24, 2.45) is 0 Å². The molecular weight excluding hydrogens is 270 g/mol. The highest BCUT2D eigenvalue weighted by Crippen LogP contribution is 2.19. The summed E-state index contributed by atoms with van der Waals surface area (Å²) in [5.74, 6) is -0.214. The van der Waals surface area contributed by atoms with Gasteiger partial charge in [-0.1, -0.05) is 0 Å². The van der Waals surface area contributed by atoms with Gasteiger partial charge in [0, 0.05) is 30.9 Å². The van der Waals surface area contributed by atoms with Crippen molar-refractivity contribution in [3.05, 3.63) is 17.0 Å². The van der Waals surface area contributed by atoms with Crippen LogP contribution >= 0.6 is 0 Å². The van der Waals surface area contributed by atoms with Gasteiger partial charge in [0.25, 0.3) is 0 Å². The Balaban J connectivity index is 2.00. The van der Waals surface area contributed by atoms with Crippen LogP contribution in [-0.4, -0.2) is 52.1 Å². The number of aliphatic hydroxyl groups excluding tert-OH is 1. The van der Waals surface area contributed by atoms with E-state index in [0.29, 0.717) is 13.0 Å². The molecule has 0 spiro atoms. The summed E-state index contributed by atoms with van der Waals surface area (Å²) in [6, 6.07) is 0. The van der Waals surface area contributed by atoms with Gasteiger partial charge in [0.2, 0.25) is 0 Å². The van der Waals surface area contributed by atoms with E-state index in [2.05, 4.69) is 14.7 Å². The van der Waals surface area contributed by atoms with Crippen LogP contribution in [-0.2, 0) is 22.6 Å². The van der Waals surface area contributed by atoms with Crippen LogP contribution in [0.3, 0.4) is 0 Å². The third-order valence-electron chi connectivity index (χ3n) is 4.23. The van der Waals surface area contributed by atoms with Crippen molar-refractivity contribution in [3.63, 3.8) is 0 Å². The highest BCUT2D eigenvalue weighted by atomic mass is 16.5. The van der Waals surface area contributed by atoms with E-state index < -0.39 is 0 Å². The van der Waals surface area contributed by atoms with Crippen molar-refractivity contribution in [2.75, 3.05) is 20.2 Å². The van der Waals surface area contributed by atoms with E-state index >= 15 is 0 Å². The van der Waals surface area contributed by atoms with Crippen LogP contribution in [0.1, 0.15) is 36.2 Å². The van der Waals surface area contributed by atoms with Gasteiger partial charge in [-0.15, -0.1) is 0 Å². The van der Waals surface area contributed by atoms with Gasteiger partial charge in [0.05, 0.1) is 31.9 Å². The maximum absolute atomic E-state index is 11.2. The summed E-state index contributed by atoms with van der Waals surface area (Å²) in [5.41, 5.74) is 3.36. The van der Waals surface area contributed by atoms with Crippen molar-refractivity contribution in [2.45, 2.75) is 52.3 Å². The molecule has 0 saturated carbocycles. The molecule has 6 heteroatoms. The monoisotopic (exact) mass is 295 g/mol. The molecule has 0 amide bonds. The Bertz CT molecular complexity index is 491. The third kappa shape index (κ3) is 4.04. The number of carbonyl (C=O) groups excluding carboxylic acids is 1. The first-order chi connectivity index (χ1) is 10.0. The fraction of sp³-hybridized carbons (Fsp3) is 0.733. The summed E-state index contributed by atoms with van der Waals surface area (Å²) < 4.78 is 6.56. The molecule has 1 aromatic heterocycles. The molecule has 1 saturated heterocycles. The number of hydrogen-bond acceptors (Lipinski definition) is 5. The predicted molar refractivity (Wildman–Crippen MR) is 78.9 cm³/mol. The quantitative estimate of drug-likeness (QED) is 0.822. The number of aryl methyl sites for hydroxylation is 2. The molecule has 1 fully saturated rings. The highest BCUT2D eigenvalue weighted by Gasteiger charge is 2.20. The maximum atomic E-state index is 11.2. The van der Waals surface area contributed by atoms with Crippen molar-refractivity contribution < 1.29 is 14.6 Å². The number of ether oxygens (including phenoxy) is 1.